The Morgan fingerprint density at radius 2 is 1.50 bits per heavy atom. The molecular weight excluding hydrogens is 204 g/mol. The van der Waals surface area contributed by atoms with Crippen molar-refractivity contribution in [1.82, 2.24) is 0 Å². The zero-order valence-corrected chi connectivity index (χ0v) is 10.6. The van der Waals surface area contributed by atoms with Crippen LogP contribution in [0.15, 0.2) is 12.2 Å². The van der Waals surface area contributed by atoms with Crippen molar-refractivity contribution >= 4 is 5.97 Å². The molecule has 0 amide bonds. The van der Waals surface area contributed by atoms with Crippen molar-refractivity contribution in [2.75, 3.05) is 20.3 Å². The van der Waals surface area contributed by atoms with Crippen molar-refractivity contribution < 1.29 is 14.3 Å². The van der Waals surface area contributed by atoms with Crippen molar-refractivity contribution in [3.8, 4) is 0 Å². The number of unbranched alkanes of at least 4 members (excludes halogenated alkanes) is 5. The number of methoxy groups -OCH3 is 1. The van der Waals surface area contributed by atoms with Gasteiger partial charge in [-0.3, -0.25) is 0 Å². The summed E-state index contributed by atoms with van der Waals surface area (Å²) in [7, 11) is 1.73. The Hall–Kier alpha value is -0.830. The van der Waals surface area contributed by atoms with E-state index in [-0.39, 0.29) is 5.97 Å². The van der Waals surface area contributed by atoms with Gasteiger partial charge in [-0.05, 0) is 19.8 Å². The lowest BCUT2D eigenvalue weighted by Gasteiger charge is -2.04. The fraction of sp³-hybridized carbons (Fsp3) is 0.769. The highest BCUT2D eigenvalue weighted by atomic mass is 16.5. The van der Waals surface area contributed by atoms with Gasteiger partial charge >= 0.3 is 5.97 Å². The number of hydrogen-bond acceptors (Lipinski definition) is 3. The number of hydrogen-bond donors (Lipinski definition) is 0. The minimum Gasteiger partial charge on any atom is -0.462 e. The van der Waals surface area contributed by atoms with Crippen LogP contribution in [0, 0.1) is 0 Å². The molecule has 0 unspecified atom stereocenters. The van der Waals surface area contributed by atoms with Crippen molar-refractivity contribution in [2.24, 2.45) is 0 Å². The molecule has 3 heteroatoms. The fourth-order valence-electron chi connectivity index (χ4n) is 1.34. The number of rotatable bonds is 10. The van der Waals surface area contributed by atoms with E-state index in [0.29, 0.717) is 12.2 Å². The van der Waals surface area contributed by atoms with E-state index in [4.69, 9.17) is 9.47 Å². The van der Waals surface area contributed by atoms with E-state index >= 15 is 0 Å². The Labute approximate surface area is 98.8 Å². The van der Waals surface area contributed by atoms with Crippen LogP contribution in [0.4, 0.5) is 0 Å². The van der Waals surface area contributed by atoms with E-state index in [2.05, 4.69) is 6.58 Å². The number of esters is 1. The molecule has 0 saturated heterocycles. The molecule has 0 saturated carbocycles. The standard InChI is InChI=1S/C13H24O3/c1-12(2)13(14)16-11-9-7-5-4-6-8-10-15-3/h1,4-11H2,2-3H3. The van der Waals surface area contributed by atoms with E-state index in [1.807, 2.05) is 0 Å². The first-order valence-corrected chi connectivity index (χ1v) is 6.00. The van der Waals surface area contributed by atoms with Crippen LogP contribution in [0.5, 0.6) is 0 Å². The van der Waals surface area contributed by atoms with Crippen LogP contribution in [-0.2, 0) is 14.3 Å². The fourth-order valence-corrected chi connectivity index (χ4v) is 1.34. The molecule has 0 atom stereocenters. The van der Waals surface area contributed by atoms with Crippen LogP contribution in [0.3, 0.4) is 0 Å². The summed E-state index contributed by atoms with van der Waals surface area (Å²) in [5.41, 5.74) is 0.472. The summed E-state index contributed by atoms with van der Waals surface area (Å²) in [6, 6.07) is 0. The summed E-state index contributed by atoms with van der Waals surface area (Å²) in [6.07, 6.45) is 6.87. The van der Waals surface area contributed by atoms with E-state index in [1.54, 1.807) is 14.0 Å². The molecule has 0 radical (unpaired) electrons. The molecule has 0 aromatic rings. The molecule has 0 aliphatic rings. The minimum atomic E-state index is -0.278. The molecule has 94 valence electrons. The maximum atomic E-state index is 11.0. The molecule has 0 aromatic carbocycles. The average molecular weight is 228 g/mol. The van der Waals surface area contributed by atoms with Crippen molar-refractivity contribution in [2.45, 2.75) is 45.4 Å². The molecule has 0 aromatic heterocycles. The summed E-state index contributed by atoms with van der Waals surface area (Å²) in [4.78, 5) is 11.0. The maximum Gasteiger partial charge on any atom is 0.333 e. The molecule has 0 bridgehead atoms. The molecule has 16 heavy (non-hydrogen) atoms. The first kappa shape index (κ1) is 15.2. The van der Waals surface area contributed by atoms with Crippen molar-refractivity contribution in [3.63, 3.8) is 0 Å². The minimum absolute atomic E-state index is 0.278. The molecular formula is C13H24O3. The lowest BCUT2D eigenvalue weighted by atomic mass is 10.1. The Kier molecular flexibility index (Phi) is 10.1. The van der Waals surface area contributed by atoms with E-state index < -0.39 is 0 Å². The summed E-state index contributed by atoms with van der Waals surface area (Å²) < 4.78 is 9.96. The predicted molar refractivity (Wildman–Crippen MR) is 65.4 cm³/mol. The molecule has 0 heterocycles. The third kappa shape index (κ3) is 9.71. The second-order valence-electron chi connectivity index (χ2n) is 4.03. The molecule has 0 aliphatic heterocycles. The van der Waals surface area contributed by atoms with Gasteiger partial charge in [0.25, 0.3) is 0 Å². The topological polar surface area (TPSA) is 35.5 Å². The average Bonchev–Trinajstić information content (AvgIpc) is 2.26. The van der Waals surface area contributed by atoms with Crippen molar-refractivity contribution in [1.29, 1.82) is 0 Å². The monoisotopic (exact) mass is 228 g/mol. The molecule has 0 spiro atoms. The lowest BCUT2D eigenvalue weighted by Crippen LogP contribution is -2.05. The van der Waals surface area contributed by atoms with Gasteiger partial charge in [0, 0.05) is 19.3 Å². The Morgan fingerprint density at radius 1 is 1.00 bits per heavy atom. The Balaban J connectivity index is 3.10. The van der Waals surface area contributed by atoms with Gasteiger partial charge in [0.1, 0.15) is 0 Å². The Morgan fingerprint density at radius 3 is 2.00 bits per heavy atom. The van der Waals surface area contributed by atoms with E-state index in [9.17, 15) is 4.79 Å². The molecule has 0 N–H and O–H groups in total. The Bertz CT molecular complexity index is 199. The normalized spacial score (nSPS) is 10.1. The van der Waals surface area contributed by atoms with E-state index in [0.717, 1.165) is 25.9 Å². The summed E-state index contributed by atoms with van der Waals surface area (Å²) in [6.45, 7) is 6.57. The number of carbonyl (C=O) groups excluding carboxylic acids is 1. The van der Waals surface area contributed by atoms with E-state index in [1.165, 1.54) is 19.3 Å². The third-order valence-corrected chi connectivity index (χ3v) is 2.32. The van der Waals surface area contributed by atoms with Gasteiger partial charge in [-0.25, -0.2) is 4.79 Å². The van der Waals surface area contributed by atoms with Crippen LogP contribution in [0.2, 0.25) is 0 Å². The smallest absolute Gasteiger partial charge is 0.333 e. The largest absolute Gasteiger partial charge is 0.462 e. The molecule has 0 aliphatic carbocycles. The van der Waals surface area contributed by atoms with Gasteiger partial charge in [0.2, 0.25) is 0 Å². The van der Waals surface area contributed by atoms with Crippen LogP contribution in [0.25, 0.3) is 0 Å². The van der Waals surface area contributed by atoms with Gasteiger partial charge in [0.15, 0.2) is 0 Å². The van der Waals surface area contributed by atoms with Crippen LogP contribution in [0.1, 0.15) is 45.4 Å². The first-order valence-electron chi connectivity index (χ1n) is 6.00. The SMILES string of the molecule is C=C(C)C(=O)OCCCCCCCCOC. The highest BCUT2D eigenvalue weighted by Gasteiger charge is 2.01. The summed E-state index contributed by atoms with van der Waals surface area (Å²) >= 11 is 0. The zero-order valence-electron chi connectivity index (χ0n) is 10.6. The van der Waals surface area contributed by atoms with Gasteiger partial charge in [-0.2, -0.15) is 0 Å². The van der Waals surface area contributed by atoms with Gasteiger partial charge in [0.05, 0.1) is 6.61 Å². The second-order valence-corrected chi connectivity index (χ2v) is 4.03. The predicted octanol–water partition coefficient (Wildman–Crippen LogP) is 3.09. The second kappa shape index (κ2) is 10.7. The summed E-state index contributed by atoms with van der Waals surface area (Å²) in [5, 5.41) is 0. The molecule has 0 rings (SSSR count). The highest BCUT2D eigenvalue weighted by molar-refractivity contribution is 5.86. The highest BCUT2D eigenvalue weighted by Crippen LogP contribution is 2.06. The van der Waals surface area contributed by atoms with Crippen LogP contribution in [-0.4, -0.2) is 26.3 Å². The van der Waals surface area contributed by atoms with Gasteiger partial charge < -0.3 is 9.47 Å². The quantitative estimate of drug-likeness (QED) is 0.327. The van der Waals surface area contributed by atoms with Crippen molar-refractivity contribution in [3.05, 3.63) is 12.2 Å². The first-order chi connectivity index (χ1) is 7.68. The lowest BCUT2D eigenvalue weighted by molar-refractivity contribution is -0.139. The number of carbonyl (C=O) groups is 1. The maximum absolute atomic E-state index is 11.0. The zero-order chi connectivity index (χ0) is 12.2. The van der Waals surface area contributed by atoms with Gasteiger partial charge in [-0.1, -0.05) is 32.3 Å². The van der Waals surface area contributed by atoms with Crippen LogP contribution >= 0.6 is 0 Å². The molecule has 3 nitrogen and oxygen atoms in total. The third-order valence-electron chi connectivity index (χ3n) is 2.32. The summed E-state index contributed by atoms with van der Waals surface area (Å²) in [5.74, 6) is -0.278. The molecule has 0 fully saturated rings. The number of ether oxygens (including phenoxy) is 2. The van der Waals surface area contributed by atoms with Crippen LogP contribution < -0.4 is 0 Å². The van der Waals surface area contributed by atoms with Gasteiger partial charge in [-0.15, -0.1) is 0 Å².